The van der Waals surface area contributed by atoms with Gasteiger partial charge in [0.1, 0.15) is 6.10 Å². The van der Waals surface area contributed by atoms with Gasteiger partial charge >= 0.3 is 0 Å². The molecule has 0 aliphatic carbocycles. The first kappa shape index (κ1) is 9.16. The molecular formula is C9H13NO2. The minimum absolute atomic E-state index is 0.649. The van der Waals surface area contributed by atoms with Crippen molar-refractivity contribution in [1.82, 2.24) is 4.98 Å². The predicted octanol–water partition coefficient (Wildman–Crippen LogP) is 0.804. The summed E-state index contributed by atoms with van der Waals surface area (Å²) in [5.41, 5.74) is 1.55. The molecule has 0 bridgehead atoms. The summed E-state index contributed by atoms with van der Waals surface area (Å²) >= 11 is 0. The number of pyridine rings is 1. The number of hydrogen-bond donors (Lipinski definition) is 2. The van der Waals surface area contributed by atoms with Crippen LogP contribution < -0.4 is 0 Å². The second-order valence-electron chi connectivity index (χ2n) is 2.92. The first-order valence-corrected chi connectivity index (χ1v) is 3.90. The van der Waals surface area contributed by atoms with E-state index in [-0.39, 0.29) is 0 Å². The second-order valence-corrected chi connectivity index (χ2v) is 2.92. The Labute approximate surface area is 71.7 Å². The van der Waals surface area contributed by atoms with E-state index in [0.29, 0.717) is 5.56 Å². The zero-order valence-electron chi connectivity index (χ0n) is 7.23. The van der Waals surface area contributed by atoms with Crippen LogP contribution in [-0.4, -0.2) is 21.3 Å². The van der Waals surface area contributed by atoms with E-state index < -0.39 is 12.2 Å². The molecular weight excluding hydrogens is 154 g/mol. The van der Waals surface area contributed by atoms with Crippen LogP contribution in [0, 0.1) is 6.92 Å². The molecule has 3 nitrogen and oxygen atoms in total. The summed E-state index contributed by atoms with van der Waals surface area (Å²) in [6, 6.07) is 3.57. The highest BCUT2D eigenvalue weighted by Gasteiger charge is 2.12. The molecule has 0 amide bonds. The van der Waals surface area contributed by atoms with Crippen LogP contribution in [0.15, 0.2) is 18.3 Å². The average molecular weight is 167 g/mol. The Morgan fingerprint density at radius 3 is 2.42 bits per heavy atom. The summed E-state index contributed by atoms with van der Waals surface area (Å²) in [6.45, 7) is 3.42. The third-order valence-electron chi connectivity index (χ3n) is 1.73. The summed E-state index contributed by atoms with van der Waals surface area (Å²) in [5, 5.41) is 18.5. The van der Waals surface area contributed by atoms with Gasteiger partial charge < -0.3 is 10.2 Å². The van der Waals surface area contributed by atoms with Crippen LogP contribution in [0.1, 0.15) is 24.3 Å². The van der Waals surface area contributed by atoms with E-state index in [1.54, 1.807) is 25.3 Å². The first-order valence-electron chi connectivity index (χ1n) is 3.90. The zero-order valence-corrected chi connectivity index (χ0v) is 7.23. The van der Waals surface area contributed by atoms with E-state index in [1.165, 1.54) is 0 Å². The van der Waals surface area contributed by atoms with Crippen molar-refractivity contribution < 1.29 is 10.2 Å². The summed E-state index contributed by atoms with van der Waals surface area (Å²) in [4.78, 5) is 4.01. The molecule has 0 spiro atoms. The van der Waals surface area contributed by atoms with Crippen LogP contribution in [0.4, 0.5) is 0 Å². The fourth-order valence-electron chi connectivity index (χ4n) is 0.933. The van der Waals surface area contributed by atoms with Crippen LogP contribution in [0.3, 0.4) is 0 Å². The van der Waals surface area contributed by atoms with Gasteiger partial charge in [-0.15, -0.1) is 0 Å². The Hall–Kier alpha value is -0.930. The lowest BCUT2D eigenvalue weighted by molar-refractivity contribution is 0.0303. The number of aromatic nitrogens is 1. The molecule has 2 unspecified atom stereocenters. The Bertz CT molecular complexity index is 243. The molecule has 2 N–H and O–H groups in total. The molecule has 0 aromatic carbocycles. The van der Waals surface area contributed by atoms with Gasteiger partial charge in [-0.3, -0.25) is 4.98 Å². The molecule has 0 saturated carbocycles. The summed E-state index contributed by atoms with van der Waals surface area (Å²) in [6.07, 6.45) is -0.0141. The number of aliphatic hydroxyl groups is 2. The van der Waals surface area contributed by atoms with Crippen molar-refractivity contribution in [1.29, 1.82) is 0 Å². The Morgan fingerprint density at radius 1 is 1.33 bits per heavy atom. The lowest BCUT2D eigenvalue weighted by Gasteiger charge is -2.12. The van der Waals surface area contributed by atoms with Crippen molar-refractivity contribution >= 4 is 0 Å². The molecule has 0 saturated heterocycles. The average Bonchev–Trinajstić information content (AvgIpc) is 2.04. The predicted molar refractivity (Wildman–Crippen MR) is 45.6 cm³/mol. The maximum Gasteiger partial charge on any atom is 0.106 e. The maximum atomic E-state index is 9.40. The number of hydrogen-bond acceptors (Lipinski definition) is 3. The Kier molecular flexibility index (Phi) is 2.78. The molecule has 1 aromatic heterocycles. The minimum atomic E-state index is -0.835. The molecule has 2 atom stereocenters. The SMILES string of the molecule is Cc1ccc(C(O)C(C)O)cn1. The minimum Gasteiger partial charge on any atom is -0.390 e. The molecule has 0 fully saturated rings. The smallest absolute Gasteiger partial charge is 0.106 e. The third kappa shape index (κ3) is 2.03. The van der Waals surface area contributed by atoms with Crippen LogP contribution in [0.25, 0.3) is 0 Å². The van der Waals surface area contributed by atoms with Crippen molar-refractivity contribution in [2.24, 2.45) is 0 Å². The van der Waals surface area contributed by atoms with Gasteiger partial charge in [0.15, 0.2) is 0 Å². The number of aliphatic hydroxyl groups excluding tert-OH is 2. The van der Waals surface area contributed by atoms with Crippen molar-refractivity contribution in [3.63, 3.8) is 0 Å². The number of nitrogens with zero attached hydrogens (tertiary/aromatic N) is 1. The van der Waals surface area contributed by atoms with Crippen LogP contribution in [0.5, 0.6) is 0 Å². The van der Waals surface area contributed by atoms with Crippen LogP contribution >= 0.6 is 0 Å². The van der Waals surface area contributed by atoms with Crippen LogP contribution in [0.2, 0.25) is 0 Å². The second kappa shape index (κ2) is 3.65. The van der Waals surface area contributed by atoms with Gasteiger partial charge in [-0.25, -0.2) is 0 Å². The highest BCUT2D eigenvalue weighted by atomic mass is 16.3. The molecule has 0 aliphatic heterocycles. The quantitative estimate of drug-likeness (QED) is 0.685. The van der Waals surface area contributed by atoms with Crippen molar-refractivity contribution in [3.05, 3.63) is 29.6 Å². The summed E-state index contributed by atoms with van der Waals surface area (Å²) < 4.78 is 0. The van der Waals surface area contributed by atoms with Gasteiger partial charge in [-0.05, 0) is 19.9 Å². The van der Waals surface area contributed by atoms with Gasteiger partial charge in [-0.1, -0.05) is 6.07 Å². The van der Waals surface area contributed by atoms with Gasteiger partial charge in [0.2, 0.25) is 0 Å². The summed E-state index contributed by atoms with van der Waals surface area (Å²) in [7, 11) is 0. The maximum absolute atomic E-state index is 9.40. The molecule has 12 heavy (non-hydrogen) atoms. The monoisotopic (exact) mass is 167 g/mol. The van der Waals surface area contributed by atoms with Crippen LogP contribution in [-0.2, 0) is 0 Å². The van der Waals surface area contributed by atoms with E-state index in [1.807, 2.05) is 6.92 Å². The van der Waals surface area contributed by atoms with Gasteiger partial charge in [-0.2, -0.15) is 0 Å². The fourth-order valence-corrected chi connectivity index (χ4v) is 0.933. The molecule has 1 heterocycles. The van der Waals surface area contributed by atoms with E-state index >= 15 is 0 Å². The standard InChI is InChI=1S/C9H13NO2/c1-6-3-4-8(5-10-6)9(12)7(2)11/h3-5,7,9,11-12H,1-2H3. The number of rotatable bonds is 2. The number of aryl methyl sites for hydroxylation is 1. The third-order valence-corrected chi connectivity index (χ3v) is 1.73. The molecule has 66 valence electrons. The fraction of sp³-hybridized carbons (Fsp3) is 0.444. The van der Waals surface area contributed by atoms with Crippen molar-refractivity contribution in [2.75, 3.05) is 0 Å². The van der Waals surface area contributed by atoms with Gasteiger partial charge in [0, 0.05) is 17.5 Å². The summed E-state index contributed by atoms with van der Waals surface area (Å²) in [5.74, 6) is 0. The van der Waals surface area contributed by atoms with Gasteiger partial charge in [0.05, 0.1) is 6.10 Å². The highest BCUT2D eigenvalue weighted by Crippen LogP contribution is 2.15. The molecule has 3 heteroatoms. The highest BCUT2D eigenvalue weighted by molar-refractivity contribution is 5.16. The zero-order chi connectivity index (χ0) is 9.14. The van der Waals surface area contributed by atoms with Gasteiger partial charge in [0.25, 0.3) is 0 Å². The topological polar surface area (TPSA) is 53.4 Å². The van der Waals surface area contributed by atoms with Crippen molar-refractivity contribution in [3.8, 4) is 0 Å². The van der Waals surface area contributed by atoms with Crippen molar-refractivity contribution in [2.45, 2.75) is 26.1 Å². The van der Waals surface area contributed by atoms with E-state index in [2.05, 4.69) is 4.98 Å². The molecule has 1 rings (SSSR count). The van der Waals surface area contributed by atoms with E-state index in [4.69, 9.17) is 5.11 Å². The molecule has 0 aliphatic rings. The lowest BCUT2D eigenvalue weighted by Crippen LogP contribution is -2.13. The molecule has 1 aromatic rings. The first-order chi connectivity index (χ1) is 5.61. The normalized spacial score (nSPS) is 15.7. The van der Waals surface area contributed by atoms with E-state index in [9.17, 15) is 5.11 Å². The largest absolute Gasteiger partial charge is 0.390 e. The molecule has 0 radical (unpaired) electrons. The lowest BCUT2D eigenvalue weighted by atomic mass is 10.1. The Morgan fingerprint density at radius 2 is 2.00 bits per heavy atom. The van der Waals surface area contributed by atoms with E-state index in [0.717, 1.165) is 5.69 Å². The Balaban J connectivity index is 2.82.